The van der Waals surface area contributed by atoms with Crippen LogP contribution in [-0.2, 0) is 29.2 Å². The summed E-state index contributed by atoms with van der Waals surface area (Å²) < 4.78 is 11.7. The molecule has 0 spiro atoms. The van der Waals surface area contributed by atoms with Gasteiger partial charge in [0.25, 0.3) is 0 Å². The molecule has 12 rings (SSSR count). The first kappa shape index (κ1) is 45.5. The van der Waals surface area contributed by atoms with Crippen LogP contribution in [0.4, 0.5) is 22.7 Å². The van der Waals surface area contributed by atoms with Crippen molar-refractivity contribution in [3.8, 4) is 39.6 Å². The Labute approximate surface area is 424 Å². The normalized spacial score (nSPS) is 14.1. The molecule has 0 atom stereocenters. The Morgan fingerprint density at radius 2 is 1.17 bits per heavy atom. The minimum atomic E-state index is -0.0745. The van der Waals surface area contributed by atoms with Crippen molar-refractivity contribution >= 4 is 55.6 Å². The van der Waals surface area contributed by atoms with E-state index in [1.165, 1.54) is 73.2 Å². The van der Waals surface area contributed by atoms with Crippen LogP contribution in [0.1, 0.15) is 97.7 Å². The van der Waals surface area contributed by atoms with Crippen LogP contribution in [0.5, 0.6) is 11.5 Å². The van der Waals surface area contributed by atoms with E-state index in [1.54, 1.807) is 0 Å². The van der Waals surface area contributed by atoms with Gasteiger partial charge in [0, 0.05) is 58.9 Å². The van der Waals surface area contributed by atoms with E-state index >= 15 is 0 Å². The van der Waals surface area contributed by atoms with E-state index in [1.807, 2.05) is 6.20 Å². The Balaban J connectivity index is 1.000. The molecule has 3 aromatic heterocycles. The first-order valence-corrected chi connectivity index (χ1v) is 25.8. The number of fused-ring (bicyclic) bond motifs is 7. The smallest absolute Gasteiger partial charge is 0.137 e. The van der Waals surface area contributed by atoms with Gasteiger partial charge in [-0.05, 0) is 130 Å². The number of nitrogens with zero attached hydrogens (tertiary/aromatic N) is 6. The lowest BCUT2D eigenvalue weighted by Gasteiger charge is -2.30. The summed E-state index contributed by atoms with van der Waals surface area (Å²) in [6.45, 7) is 22.1. The monoisotopic (exact) mass is 945 g/mol. The molecule has 5 heterocycles. The van der Waals surface area contributed by atoms with E-state index in [9.17, 15) is 0 Å². The second kappa shape index (κ2) is 17.0. The quantitative estimate of drug-likeness (QED) is 0.159. The average molecular weight is 945 g/mol. The highest BCUT2D eigenvalue weighted by Gasteiger charge is 2.35. The number of imidazole rings is 1. The van der Waals surface area contributed by atoms with Crippen molar-refractivity contribution in [1.29, 1.82) is 0 Å². The van der Waals surface area contributed by atoms with Crippen molar-refractivity contribution in [3.05, 3.63) is 186 Å². The van der Waals surface area contributed by atoms with Gasteiger partial charge in [0.1, 0.15) is 29.8 Å². The van der Waals surface area contributed by atoms with Crippen molar-refractivity contribution in [2.75, 3.05) is 16.5 Å². The van der Waals surface area contributed by atoms with Crippen molar-refractivity contribution < 1.29 is 4.74 Å². The maximum atomic E-state index is 6.96. The summed E-state index contributed by atoms with van der Waals surface area (Å²) in [4.78, 5) is 15.3. The minimum absolute atomic E-state index is 0.00328. The first-order valence-electron chi connectivity index (χ1n) is 25.8. The van der Waals surface area contributed by atoms with Gasteiger partial charge in [0.2, 0.25) is 0 Å². The largest absolute Gasteiger partial charge is 0.457 e. The molecule has 0 saturated heterocycles. The second-order valence-electron chi connectivity index (χ2n) is 23.1. The van der Waals surface area contributed by atoms with Crippen molar-refractivity contribution in [2.45, 2.75) is 104 Å². The molecule has 2 aliphatic heterocycles. The lowest BCUT2D eigenvalue weighted by molar-refractivity contribution is 0.483. The zero-order valence-corrected chi connectivity index (χ0v) is 43.2. The van der Waals surface area contributed by atoms with Crippen LogP contribution in [0.15, 0.2) is 164 Å². The Bertz CT molecular complexity index is 3650. The number of hydrogen-bond acceptors (Lipinski definition) is 5. The maximum Gasteiger partial charge on any atom is 0.137 e. The predicted molar refractivity (Wildman–Crippen MR) is 300 cm³/mol. The fourth-order valence-corrected chi connectivity index (χ4v) is 11.0. The number of rotatable bonds is 7. The van der Waals surface area contributed by atoms with Gasteiger partial charge in [-0.1, -0.05) is 135 Å². The highest BCUT2D eigenvalue weighted by atomic mass is 16.5. The lowest BCUT2D eigenvalue weighted by Crippen LogP contribution is -2.25. The standard InChI is InChI=1S/C65H64N6O/c1-63(2,3)44-26-29-55-53(33-44)50-28-27-49(38-56(50)71(55)61-36-45(30-31-66-61)64(4,5)6)72-48-24-18-23-47(37-48)69-41-70(59-40-57-54(39-58(59)69)67-60-25-16-17-32-68(57)60)62-51(42-19-12-10-13-20-42)34-46(65(7,8)9)35-52(62)43-21-14-11-15-22-43/h10-15,18-24,26-31,33-40H,16-17,25,32,41H2,1-9H3. The van der Waals surface area contributed by atoms with Gasteiger partial charge in [0.15, 0.2) is 0 Å². The molecule has 0 fully saturated rings. The summed E-state index contributed by atoms with van der Waals surface area (Å²) in [5, 5.41) is 2.37. The molecule has 360 valence electrons. The molecule has 0 amide bonds. The zero-order valence-electron chi connectivity index (χ0n) is 43.2. The molecule has 0 aliphatic carbocycles. The van der Waals surface area contributed by atoms with Gasteiger partial charge in [-0.3, -0.25) is 4.57 Å². The Kier molecular flexibility index (Phi) is 10.7. The third-order valence-corrected chi connectivity index (χ3v) is 15.0. The van der Waals surface area contributed by atoms with Crippen LogP contribution >= 0.6 is 0 Å². The summed E-state index contributed by atoms with van der Waals surface area (Å²) in [6, 6.07) is 57.9. The number of benzene rings is 7. The number of ether oxygens (including phenoxy) is 1. The van der Waals surface area contributed by atoms with Crippen LogP contribution < -0.4 is 14.5 Å². The van der Waals surface area contributed by atoms with Gasteiger partial charge in [0.05, 0.1) is 39.1 Å². The Morgan fingerprint density at radius 1 is 0.500 bits per heavy atom. The summed E-state index contributed by atoms with van der Waals surface area (Å²) in [6.07, 6.45) is 5.28. The van der Waals surface area contributed by atoms with E-state index in [4.69, 9.17) is 14.7 Å². The number of aryl methyl sites for hydroxylation is 2. The third-order valence-electron chi connectivity index (χ3n) is 15.0. The molecule has 0 N–H and O–H groups in total. The molecule has 2 aliphatic rings. The van der Waals surface area contributed by atoms with Crippen LogP contribution in [-0.4, -0.2) is 25.8 Å². The van der Waals surface area contributed by atoms with E-state index in [2.05, 4.69) is 239 Å². The topological polar surface area (TPSA) is 51.4 Å². The summed E-state index contributed by atoms with van der Waals surface area (Å²) in [5.41, 5.74) is 17.5. The predicted octanol–water partition coefficient (Wildman–Crippen LogP) is 17.1. The molecule has 72 heavy (non-hydrogen) atoms. The van der Waals surface area contributed by atoms with Crippen LogP contribution in [0, 0.1) is 0 Å². The highest BCUT2D eigenvalue weighted by molar-refractivity contribution is 6.10. The van der Waals surface area contributed by atoms with E-state index in [0.29, 0.717) is 6.67 Å². The molecule has 0 saturated carbocycles. The Hall–Kier alpha value is -7.64. The summed E-state index contributed by atoms with van der Waals surface area (Å²) in [5.74, 6) is 3.61. The number of anilines is 4. The van der Waals surface area contributed by atoms with E-state index in [0.717, 1.165) is 70.3 Å². The van der Waals surface area contributed by atoms with E-state index in [-0.39, 0.29) is 16.2 Å². The van der Waals surface area contributed by atoms with Gasteiger partial charge < -0.3 is 19.1 Å². The zero-order chi connectivity index (χ0) is 49.7. The van der Waals surface area contributed by atoms with Crippen LogP contribution in [0.2, 0.25) is 0 Å². The van der Waals surface area contributed by atoms with Crippen molar-refractivity contribution in [2.24, 2.45) is 0 Å². The summed E-state index contributed by atoms with van der Waals surface area (Å²) >= 11 is 0. The number of aromatic nitrogens is 4. The second-order valence-corrected chi connectivity index (χ2v) is 23.1. The molecular weight excluding hydrogens is 881 g/mol. The number of pyridine rings is 1. The molecule has 10 aromatic rings. The first-order chi connectivity index (χ1) is 34.6. The van der Waals surface area contributed by atoms with Crippen LogP contribution in [0.3, 0.4) is 0 Å². The maximum absolute atomic E-state index is 6.96. The summed E-state index contributed by atoms with van der Waals surface area (Å²) in [7, 11) is 0. The van der Waals surface area contributed by atoms with Gasteiger partial charge in [-0.2, -0.15) is 0 Å². The van der Waals surface area contributed by atoms with Gasteiger partial charge >= 0.3 is 0 Å². The lowest BCUT2D eigenvalue weighted by atomic mass is 9.82. The molecular formula is C65H64N6O. The third kappa shape index (κ3) is 8.00. The molecule has 0 bridgehead atoms. The van der Waals surface area contributed by atoms with Gasteiger partial charge in [-0.25, -0.2) is 9.97 Å². The molecule has 0 unspecified atom stereocenters. The Morgan fingerprint density at radius 3 is 1.86 bits per heavy atom. The van der Waals surface area contributed by atoms with Gasteiger partial charge in [-0.15, -0.1) is 0 Å². The van der Waals surface area contributed by atoms with Crippen molar-refractivity contribution in [1.82, 2.24) is 19.1 Å². The molecule has 7 heteroatoms. The average Bonchev–Trinajstić information content (AvgIpc) is 4.04. The van der Waals surface area contributed by atoms with E-state index < -0.39 is 0 Å². The van der Waals surface area contributed by atoms with Crippen LogP contribution in [0.25, 0.3) is 60.9 Å². The number of hydrogen-bond donors (Lipinski definition) is 0. The fourth-order valence-electron chi connectivity index (χ4n) is 11.0. The SMILES string of the molecule is CC(C)(C)c1ccnc(-n2c3ccc(C(C)(C)C)cc3c3ccc(Oc4cccc(N5CN(c6c(-c7ccccc7)cc(C(C)(C)C)cc6-c6ccccc6)c6cc7c(cc65)nc5n7CCCC5)c4)cc32)c1. The van der Waals surface area contributed by atoms with Crippen molar-refractivity contribution in [3.63, 3.8) is 0 Å². The highest BCUT2D eigenvalue weighted by Crippen LogP contribution is 2.53. The fraction of sp³-hybridized carbons (Fsp3) is 0.262. The minimum Gasteiger partial charge on any atom is -0.457 e. The molecule has 7 nitrogen and oxygen atoms in total. The molecule has 0 radical (unpaired) electrons. The molecule has 7 aromatic carbocycles.